The molecule has 0 spiro atoms. The summed E-state index contributed by atoms with van der Waals surface area (Å²) < 4.78 is 0. The monoisotopic (exact) mass is 568 g/mol. The number of carbonyl (C=O) groups is 2. The summed E-state index contributed by atoms with van der Waals surface area (Å²) in [5.74, 6) is -0.125. The van der Waals surface area contributed by atoms with Gasteiger partial charge >= 0.3 is 0 Å². The molecule has 7 heteroatoms. The summed E-state index contributed by atoms with van der Waals surface area (Å²) in [5.41, 5.74) is 7.86. The first-order valence-corrected chi connectivity index (χ1v) is 9.96. The molecule has 0 fully saturated rings. The van der Waals surface area contributed by atoms with Gasteiger partial charge in [0.2, 0.25) is 0 Å². The van der Waals surface area contributed by atoms with E-state index < -0.39 is 0 Å². The molecule has 2 aliphatic heterocycles. The largest absolute Gasteiger partial charge is 0.355 e. The standard InChI is InChI=1S/C20H14N4.C5H8O2.Gd/c1-2-14-10-16-5-6-18(23-16)12-20-8-7-19(24-20)11-17-4-3-15(22-17)9-13(1)21-14;1-4(6)3-5(2)7;/h1-12,21,24H;3H2,1-2H3;. The number of nitrogens with zero attached hydrogens (tertiary/aromatic N) is 2. The molecule has 6 nitrogen and oxygen atoms in total. The zero-order valence-corrected chi connectivity index (χ0v) is 20.0. The molecule has 0 saturated carbocycles. The van der Waals surface area contributed by atoms with Crippen LogP contribution in [0.3, 0.4) is 0 Å². The summed E-state index contributed by atoms with van der Waals surface area (Å²) in [6.07, 6.45) is 8.17. The summed E-state index contributed by atoms with van der Waals surface area (Å²) in [7, 11) is 0. The molecule has 0 saturated heterocycles. The fraction of sp³-hybridized carbons (Fsp3) is 0.120. The van der Waals surface area contributed by atoms with Gasteiger partial charge in [0.05, 0.1) is 29.2 Å². The molecule has 0 aromatic carbocycles. The molecule has 2 N–H and O–H groups in total. The first-order valence-electron chi connectivity index (χ1n) is 9.96. The average molecular weight is 568 g/mol. The zero-order chi connectivity index (χ0) is 21.8. The molecule has 0 unspecified atom stereocenters. The van der Waals surface area contributed by atoms with Crippen LogP contribution in [0.15, 0.2) is 48.5 Å². The van der Waals surface area contributed by atoms with E-state index in [4.69, 9.17) is 0 Å². The van der Waals surface area contributed by atoms with E-state index in [1.165, 1.54) is 13.8 Å². The van der Waals surface area contributed by atoms with Gasteiger partial charge < -0.3 is 9.97 Å². The summed E-state index contributed by atoms with van der Waals surface area (Å²) in [6.45, 7) is 2.81. The van der Waals surface area contributed by atoms with Gasteiger partial charge in [0.1, 0.15) is 11.6 Å². The van der Waals surface area contributed by atoms with Crippen molar-refractivity contribution in [2.75, 3.05) is 0 Å². The van der Waals surface area contributed by atoms with Gasteiger partial charge in [-0.15, -0.1) is 0 Å². The summed E-state index contributed by atoms with van der Waals surface area (Å²) in [4.78, 5) is 36.1. The normalized spacial score (nSPS) is 11.3. The van der Waals surface area contributed by atoms with Crippen LogP contribution in [-0.4, -0.2) is 31.5 Å². The Morgan fingerprint density at radius 3 is 1.12 bits per heavy atom. The number of hydrogen-bond donors (Lipinski definition) is 2. The second kappa shape index (κ2) is 10.7. The smallest absolute Gasteiger partial charge is 0.137 e. The Morgan fingerprint density at radius 1 is 0.625 bits per heavy atom. The van der Waals surface area contributed by atoms with Crippen LogP contribution in [0.1, 0.15) is 43.0 Å². The van der Waals surface area contributed by atoms with E-state index in [-0.39, 0.29) is 57.9 Å². The molecule has 0 amide bonds. The van der Waals surface area contributed by atoms with Crippen molar-refractivity contribution < 1.29 is 49.5 Å². The quantitative estimate of drug-likeness (QED) is 0.287. The SMILES string of the molecule is C1=Cc2cc3ccc(cc4nc(cc5ccc(cc1n2)[nH]5)C=C4)[nH]3.CC(=O)CC(C)=O.[Gd]. The van der Waals surface area contributed by atoms with E-state index in [9.17, 15) is 9.59 Å². The third-order valence-electron chi connectivity index (χ3n) is 4.54. The Balaban J connectivity index is 0.000000318. The molecule has 2 aliphatic rings. The summed E-state index contributed by atoms with van der Waals surface area (Å²) in [6, 6.07) is 16.4. The van der Waals surface area contributed by atoms with Crippen LogP contribution in [0, 0.1) is 39.9 Å². The summed E-state index contributed by atoms with van der Waals surface area (Å²) in [5, 5.41) is 0. The predicted molar refractivity (Wildman–Crippen MR) is 125 cm³/mol. The van der Waals surface area contributed by atoms with Crippen LogP contribution in [0.25, 0.3) is 46.4 Å². The van der Waals surface area contributed by atoms with E-state index in [2.05, 4.69) is 44.2 Å². The van der Waals surface area contributed by atoms with Gasteiger partial charge in [0, 0.05) is 62.0 Å². The van der Waals surface area contributed by atoms with Crippen molar-refractivity contribution in [2.24, 2.45) is 0 Å². The minimum absolute atomic E-state index is 0. The number of ketones is 2. The van der Waals surface area contributed by atoms with E-state index in [0.29, 0.717) is 0 Å². The fourth-order valence-corrected chi connectivity index (χ4v) is 3.29. The Kier molecular flexibility index (Phi) is 8.02. The number of aromatic amines is 2. The van der Waals surface area contributed by atoms with E-state index in [1.54, 1.807) is 0 Å². The maximum absolute atomic E-state index is 10.0. The van der Waals surface area contributed by atoms with E-state index in [0.717, 1.165) is 44.8 Å². The Labute approximate surface area is 217 Å². The number of H-pyrrole nitrogens is 2. The molecule has 5 rings (SSSR count). The van der Waals surface area contributed by atoms with Crippen LogP contribution in [0.2, 0.25) is 0 Å². The molecular formula is C25H22GdN4O2. The van der Waals surface area contributed by atoms with Crippen LogP contribution < -0.4 is 0 Å². The number of hydrogen-bond acceptors (Lipinski definition) is 4. The van der Waals surface area contributed by atoms with Crippen molar-refractivity contribution in [3.05, 3.63) is 71.3 Å². The van der Waals surface area contributed by atoms with Gasteiger partial charge in [-0.25, -0.2) is 9.97 Å². The van der Waals surface area contributed by atoms with Gasteiger partial charge in [-0.3, -0.25) is 9.59 Å². The van der Waals surface area contributed by atoms with Crippen LogP contribution in [0.4, 0.5) is 0 Å². The molecule has 0 aliphatic carbocycles. The maximum Gasteiger partial charge on any atom is 0.137 e. The van der Waals surface area contributed by atoms with Crippen LogP contribution >= 0.6 is 0 Å². The predicted octanol–water partition coefficient (Wildman–Crippen LogP) is 5.21. The molecular weight excluding hydrogens is 546 g/mol. The second-order valence-corrected chi connectivity index (χ2v) is 7.49. The van der Waals surface area contributed by atoms with E-state index in [1.807, 2.05) is 48.6 Å². The fourth-order valence-electron chi connectivity index (χ4n) is 3.29. The van der Waals surface area contributed by atoms with Gasteiger partial charge in [0.15, 0.2) is 0 Å². The van der Waals surface area contributed by atoms with Crippen molar-refractivity contribution in [3.8, 4) is 0 Å². The Bertz CT molecular complexity index is 1190. The second-order valence-electron chi connectivity index (χ2n) is 7.49. The number of nitrogens with one attached hydrogen (secondary N) is 2. The molecule has 8 bridgehead atoms. The Morgan fingerprint density at radius 2 is 0.906 bits per heavy atom. The number of rotatable bonds is 2. The van der Waals surface area contributed by atoms with Crippen molar-refractivity contribution in [3.63, 3.8) is 0 Å². The number of Topliss-reactive ketones (excluding diaryl/α,β-unsaturated/α-hetero) is 2. The van der Waals surface area contributed by atoms with Gasteiger partial charge in [-0.05, 0) is 86.7 Å². The van der Waals surface area contributed by atoms with Crippen molar-refractivity contribution in [2.45, 2.75) is 20.3 Å². The van der Waals surface area contributed by atoms with Gasteiger partial charge in [-0.1, -0.05) is 0 Å². The number of aromatic nitrogens is 4. The van der Waals surface area contributed by atoms with Crippen LogP contribution in [0.5, 0.6) is 0 Å². The molecule has 5 heterocycles. The van der Waals surface area contributed by atoms with Gasteiger partial charge in [0.25, 0.3) is 0 Å². The molecule has 0 radical (unpaired) electrons. The number of fused-ring (bicyclic) bond motifs is 8. The molecule has 3 aromatic heterocycles. The minimum Gasteiger partial charge on any atom is -0.355 e. The van der Waals surface area contributed by atoms with Crippen molar-refractivity contribution >= 4 is 57.9 Å². The molecule has 0 atom stereocenters. The molecule has 162 valence electrons. The third-order valence-corrected chi connectivity index (χ3v) is 4.54. The third kappa shape index (κ3) is 6.63. The summed E-state index contributed by atoms with van der Waals surface area (Å²) >= 11 is 0. The average Bonchev–Trinajstić information content (AvgIpc) is 3.46. The molecule has 32 heavy (non-hydrogen) atoms. The first-order chi connectivity index (χ1) is 14.9. The Hall–Kier alpha value is -2.74. The van der Waals surface area contributed by atoms with Crippen molar-refractivity contribution in [1.82, 2.24) is 19.9 Å². The van der Waals surface area contributed by atoms with Crippen molar-refractivity contribution in [1.29, 1.82) is 0 Å². The zero-order valence-electron chi connectivity index (χ0n) is 17.7. The minimum atomic E-state index is -0.0625. The maximum atomic E-state index is 10.0. The molecule has 3 aromatic rings. The first kappa shape index (κ1) is 23.9. The van der Waals surface area contributed by atoms with Crippen LogP contribution in [-0.2, 0) is 9.59 Å². The van der Waals surface area contributed by atoms with E-state index >= 15 is 0 Å². The number of carbonyl (C=O) groups excluding carboxylic acids is 2. The van der Waals surface area contributed by atoms with Gasteiger partial charge in [-0.2, -0.15) is 0 Å². The topological polar surface area (TPSA) is 91.5 Å².